The van der Waals surface area contributed by atoms with Gasteiger partial charge in [0.1, 0.15) is 0 Å². The van der Waals surface area contributed by atoms with Gasteiger partial charge in [0.25, 0.3) is 0 Å². The van der Waals surface area contributed by atoms with Gasteiger partial charge in [-0.25, -0.2) is 8.42 Å². The molecule has 0 amide bonds. The smallest absolute Gasteiger partial charge is 0.243 e. The second kappa shape index (κ2) is 7.43. The van der Waals surface area contributed by atoms with Gasteiger partial charge in [-0.05, 0) is 80.5 Å². The molecule has 1 saturated heterocycles. The minimum absolute atomic E-state index is 0.419. The van der Waals surface area contributed by atoms with Crippen molar-refractivity contribution < 1.29 is 8.42 Å². The Balaban J connectivity index is 1.39. The van der Waals surface area contributed by atoms with Crippen molar-refractivity contribution in [2.45, 2.75) is 44.4 Å². The van der Waals surface area contributed by atoms with Crippen molar-refractivity contribution in [3.8, 4) is 0 Å². The van der Waals surface area contributed by atoms with Crippen LogP contribution in [0.15, 0.2) is 41.3 Å². The molecule has 1 aliphatic carbocycles. The zero-order valence-electron chi connectivity index (χ0n) is 17.7. The van der Waals surface area contributed by atoms with Crippen LogP contribution in [0.25, 0.3) is 10.9 Å². The maximum Gasteiger partial charge on any atom is 0.243 e. The highest BCUT2D eigenvalue weighted by Crippen LogP contribution is 2.32. The molecule has 1 N–H and O–H groups in total. The van der Waals surface area contributed by atoms with Gasteiger partial charge in [-0.15, -0.1) is 0 Å². The van der Waals surface area contributed by atoms with Gasteiger partial charge < -0.3 is 9.88 Å². The molecule has 0 unspecified atom stereocenters. The topological polar surface area (TPSA) is 56.4 Å². The Labute approximate surface area is 178 Å². The standard InChI is InChI=1S/C24H29N3O2S/c1-17-6-5-9-24(18(17)2)26-12-14-27(15-13-26)30(28,29)19-10-11-23-21(16-19)20-7-3-4-8-22(20)25-23/h5-6,9-11,16,25H,3-4,7-8,12-15H2,1-2H3. The molecular formula is C24H29N3O2S. The zero-order chi connectivity index (χ0) is 20.9. The van der Waals surface area contributed by atoms with E-state index >= 15 is 0 Å². The van der Waals surface area contributed by atoms with Crippen molar-refractivity contribution in [2.75, 3.05) is 31.1 Å². The van der Waals surface area contributed by atoms with Crippen LogP contribution in [0, 0.1) is 13.8 Å². The molecular weight excluding hydrogens is 394 g/mol. The van der Waals surface area contributed by atoms with Gasteiger partial charge in [-0.3, -0.25) is 0 Å². The van der Waals surface area contributed by atoms with Crippen LogP contribution in [0.5, 0.6) is 0 Å². The molecule has 5 rings (SSSR count). The molecule has 0 atom stereocenters. The Morgan fingerprint density at radius 1 is 0.933 bits per heavy atom. The molecule has 0 bridgehead atoms. The SMILES string of the molecule is Cc1cccc(N2CCN(S(=O)(=O)c3ccc4[nH]c5c(c4c3)CCCC5)CC2)c1C. The molecule has 6 heteroatoms. The molecule has 0 spiro atoms. The molecule has 158 valence electrons. The van der Waals surface area contributed by atoms with Gasteiger partial charge in [-0.1, -0.05) is 12.1 Å². The first kappa shape index (κ1) is 19.6. The number of rotatable bonds is 3. The van der Waals surface area contributed by atoms with Crippen LogP contribution >= 0.6 is 0 Å². The van der Waals surface area contributed by atoms with Crippen molar-refractivity contribution in [1.82, 2.24) is 9.29 Å². The van der Waals surface area contributed by atoms with Gasteiger partial charge >= 0.3 is 0 Å². The fraction of sp³-hybridized carbons (Fsp3) is 0.417. The summed E-state index contributed by atoms with van der Waals surface area (Å²) in [7, 11) is -3.49. The van der Waals surface area contributed by atoms with Crippen molar-refractivity contribution in [3.05, 3.63) is 58.8 Å². The summed E-state index contributed by atoms with van der Waals surface area (Å²) >= 11 is 0. The predicted molar refractivity (Wildman–Crippen MR) is 122 cm³/mol. The van der Waals surface area contributed by atoms with E-state index in [1.165, 1.54) is 40.9 Å². The van der Waals surface area contributed by atoms with E-state index in [4.69, 9.17) is 0 Å². The Morgan fingerprint density at radius 2 is 1.70 bits per heavy atom. The molecule has 30 heavy (non-hydrogen) atoms. The molecule has 0 radical (unpaired) electrons. The minimum Gasteiger partial charge on any atom is -0.369 e. The number of sulfonamides is 1. The highest BCUT2D eigenvalue weighted by molar-refractivity contribution is 7.89. The lowest BCUT2D eigenvalue weighted by atomic mass is 9.96. The van der Waals surface area contributed by atoms with Crippen LogP contribution < -0.4 is 4.90 Å². The predicted octanol–water partition coefficient (Wildman–Crippen LogP) is 4.17. The fourth-order valence-corrected chi connectivity index (χ4v) is 6.39. The molecule has 2 aliphatic rings. The lowest BCUT2D eigenvalue weighted by Crippen LogP contribution is -2.48. The summed E-state index contributed by atoms with van der Waals surface area (Å²) in [4.78, 5) is 6.22. The number of aromatic nitrogens is 1. The van der Waals surface area contributed by atoms with E-state index in [0.29, 0.717) is 31.1 Å². The number of aryl methyl sites for hydroxylation is 3. The highest BCUT2D eigenvalue weighted by Gasteiger charge is 2.30. The van der Waals surface area contributed by atoms with Gasteiger partial charge in [0.05, 0.1) is 4.90 Å². The number of aromatic amines is 1. The van der Waals surface area contributed by atoms with Crippen LogP contribution in [-0.2, 0) is 22.9 Å². The lowest BCUT2D eigenvalue weighted by molar-refractivity contribution is 0.385. The summed E-state index contributed by atoms with van der Waals surface area (Å²) in [5.41, 5.74) is 7.41. The monoisotopic (exact) mass is 423 g/mol. The largest absolute Gasteiger partial charge is 0.369 e. The third-order valence-electron chi connectivity index (χ3n) is 6.86. The summed E-state index contributed by atoms with van der Waals surface area (Å²) in [5, 5.41) is 1.08. The van der Waals surface area contributed by atoms with Crippen LogP contribution in [0.1, 0.15) is 35.2 Å². The lowest BCUT2D eigenvalue weighted by Gasteiger charge is -2.36. The van der Waals surface area contributed by atoms with E-state index in [0.717, 1.165) is 23.7 Å². The fourth-order valence-electron chi connectivity index (χ4n) is 4.94. The summed E-state index contributed by atoms with van der Waals surface area (Å²) in [6, 6.07) is 11.9. The Kier molecular flexibility index (Phi) is 4.86. The molecule has 1 aromatic heterocycles. The molecule has 3 aromatic rings. The Morgan fingerprint density at radius 3 is 2.50 bits per heavy atom. The third-order valence-corrected chi connectivity index (χ3v) is 8.76. The second-order valence-corrected chi connectivity index (χ2v) is 10.5. The first-order valence-electron chi connectivity index (χ1n) is 10.9. The first-order valence-corrected chi connectivity index (χ1v) is 12.3. The number of piperazine rings is 1. The van der Waals surface area contributed by atoms with Crippen LogP contribution in [0.4, 0.5) is 5.69 Å². The van der Waals surface area contributed by atoms with Gasteiger partial charge in [0.2, 0.25) is 10.0 Å². The number of hydrogen-bond acceptors (Lipinski definition) is 3. The van der Waals surface area contributed by atoms with Crippen molar-refractivity contribution in [1.29, 1.82) is 0 Å². The molecule has 0 saturated carbocycles. The number of hydrogen-bond donors (Lipinski definition) is 1. The number of nitrogens with one attached hydrogen (secondary N) is 1. The van der Waals surface area contributed by atoms with Crippen molar-refractivity contribution in [3.63, 3.8) is 0 Å². The minimum atomic E-state index is -3.49. The van der Waals surface area contributed by atoms with E-state index in [9.17, 15) is 8.42 Å². The van der Waals surface area contributed by atoms with Crippen LogP contribution in [0.3, 0.4) is 0 Å². The average molecular weight is 424 g/mol. The summed E-state index contributed by atoms with van der Waals surface area (Å²) in [6.45, 7) is 6.71. The van der Waals surface area contributed by atoms with E-state index in [-0.39, 0.29) is 0 Å². The average Bonchev–Trinajstić information content (AvgIpc) is 3.14. The normalized spacial score (nSPS) is 18.0. The number of fused-ring (bicyclic) bond motifs is 3. The maximum absolute atomic E-state index is 13.4. The Hall–Kier alpha value is -2.31. The van der Waals surface area contributed by atoms with E-state index in [1.54, 1.807) is 10.4 Å². The molecule has 1 fully saturated rings. The molecule has 1 aliphatic heterocycles. The van der Waals surface area contributed by atoms with E-state index in [2.05, 4.69) is 41.9 Å². The number of nitrogens with zero attached hydrogens (tertiary/aromatic N) is 2. The summed E-state index contributed by atoms with van der Waals surface area (Å²) in [5.74, 6) is 0. The Bertz CT molecular complexity index is 1200. The van der Waals surface area contributed by atoms with Gasteiger partial charge in [0, 0.05) is 48.5 Å². The highest BCUT2D eigenvalue weighted by atomic mass is 32.2. The van der Waals surface area contributed by atoms with Gasteiger partial charge in [0.15, 0.2) is 0 Å². The van der Waals surface area contributed by atoms with Crippen molar-refractivity contribution >= 4 is 26.6 Å². The quantitative estimate of drug-likeness (QED) is 0.688. The number of H-pyrrole nitrogens is 1. The molecule has 5 nitrogen and oxygen atoms in total. The molecule has 2 aromatic carbocycles. The van der Waals surface area contributed by atoms with E-state index in [1.807, 2.05) is 12.1 Å². The van der Waals surface area contributed by atoms with Crippen molar-refractivity contribution in [2.24, 2.45) is 0 Å². The summed E-state index contributed by atoms with van der Waals surface area (Å²) < 4.78 is 28.4. The summed E-state index contributed by atoms with van der Waals surface area (Å²) in [6.07, 6.45) is 4.48. The van der Waals surface area contributed by atoms with Gasteiger partial charge in [-0.2, -0.15) is 4.31 Å². The van der Waals surface area contributed by atoms with Crippen LogP contribution in [0.2, 0.25) is 0 Å². The molecule has 2 heterocycles. The number of anilines is 1. The van der Waals surface area contributed by atoms with Crippen LogP contribution in [-0.4, -0.2) is 43.9 Å². The van der Waals surface area contributed by atoms with E-state index < -0.39 is 10.0 Å². The number of benzene rings is 2. The third kappa shape index (κ3) is 3.22. The first-order chi connectivity index (χ1) is 14.4. The second-order valence-electron chi connectivity index (χ2n) is 8.61. The maximum atomic E-state index is 13.4. The zero-order valence-corrected chi connectivity index (χ0v) is 18.6.